The van der Waals surface area contributed by atoms with E-state index in [1.807, 2.05) is 10.9 Å². The Morgan fingerprint density at radius 3 is 2.75 bits per heavy atom. The van der Waals surface area contributed by atoms with Gasteiger partial charge in [0.25, 0.3) is 0 Å². The highest BCUT2D eigenvalue weighted by atomic mass is 16.3. The van der Waals surface area contributed by atoms with Crippen LogP contribution in [0.3, 0.4) is 0 Å². The summed E-state index contributed by atoms with van der Waals surface area (Å²) >= 11 is 0. The lowest BCUT2D eigenvalue weighted by atomic mass is 9.45. The molecule has 0 unspecified atom stereocenters. The minimum Gasteiger partial charge on any atom is -0.388 e. The molecule has 0 aromatic carbocycles. The number of aliphatic hydroxyl groups excluding tert-OH is 1. The van der Waals surface area contributed by atoms with E-state index in [2.05, 4.69) is 38.1 Å². The summed E-state index contributed by atoms with van der Waals surface area (Å²) in [6.07, 6.45) is 18.3. The lowest BCUT2D eigenvalue weighted by Crippen LogP contribution is -2.53. The van der Waals surface area contributed by atoms with Crippen molar-refractivity contribution in [1.82, 2.24) is 9.78 Å². The number of fused-ring (bicyclic) bond motifs is 5. The molecule has 3 heteroatoms. The highest BCUT2D eigenvalue weighted by Gasteiger charge is 2.60. The molecule has 0 amide bonds. The Balaban J connectivity index is 1.44. The minimum atomic E-state index is -0.277. The molecule has 3 nitrogen and oxygen atoms in total. The molecule has 1 N–H and O–H groups in total. The van der Waals surface area contributed by atoms with Gasteiger partial charge in [-0.25, -0.2) is 0 Å². The normalized spacial score (nSPS) is 46.9. The zero-order valence-electron chi connectivity index (χ0n) is 18.0. The molecule has 154 valence electrons. The van der Waals surface area contributed by atoms with Crippen LogP contribution in [0.5, 0.6) is 0 Å². The highest BCUT2D eigenvalue weighted by molar-refractivity contribution is 5.54. The van der Waals surface area contributed by atoms with Gasteiger partial charge in [-0.3, -0.25) is 4.68 Å². The van der Waals surface area contributed by atoms with E-state index >= 15 is 0 Å². The van der Waals surface area contributed by atoms with Gasteiger partial charge >= 0.3 is 0 Å². The van der Waals surface area contributed by atoms with Crippen LogP contribution in [0.2, 0.25) is 0 Å². The maximum absolute atomic E-state index is 11.4. The van der Waals surface area contributed by atoms with E-state index in [0.29, 0.717) is 11.3 Å². The molecule has 28 heavy (non-hydrogen) atoms. The summed E-state index contributed by atoms with van der Waals surface area (Å²) in [5.74, 6) is 3.33. The number of aromatic nitrogens is 2. The third-order valence-electron chi connectivity index (χ3n) is 9.78. The standard InChI is InChI=1S/C25H38N2O/c1-4-27-16-17(15-26-27)13-18-14-22-20-9-8-19-7-5-6-11-24(19,2)21(20)10-12-25(22,3)23(18)28/h13,15-16,19-23,28H,4-12,14H2,1-3H3/b18-13-/t19-,20+,21-,22-,23+,24+,25-/m1/s1. The predicted molar refractivity (Wildman–Crippen MR) is 114 cm³/mol. The van der Waals surface area contributed by atoms with Crippen molar-refractivity contribution >= 4 is 6.08 Å². The number of hydrogen-bond donors (Lipinski definition) is 1. The fraction of sp³-hybridized carbons (Fsp3) is 0.800. The molecule has 0 saturated heterocycles. The van der Waals surface area contributed by atoms with E-state index < -0.39 is 0 Å². The molecule has 1 heterocycles. The van der Waals surface area contributed by atoms with Gasteiger partial charge in [-0.2, -0.15) is 5.10 Å². The number of nitrogens with zero attached hydrogens (tertiary/aromatic N) is 2. The topological polar surface area (TPSA) is 38.0 Å². The second-order valence-corrected chi connectivity index (χ2v) is 10.9. The molecule has 1 aromatic rings. The van der Waals surface area contributed by atoms with Crippen molar-refractivity contribution in [2.24, 2.45) is 34.5 Å². The Bertz CT molecular complexity index is 766. The van der Waals surface area contributed by atoms with Gasteiger partial charge < -0.3 is 5.11 Å². The van der Waals surface area contributed by atoms with E-state index in [-0.39, 0.29) is 11.5 Å². The van der Waals surface area contributed by atoms with Crippen molar-refractivity contribution in [3.8, 4) is 0 Å². The smallest absolute Gasteiger partial charge is 0.0809 e. The van der Waals surface area contributed by atoms with E-state index in [0.717, 1.165) is 36.3 Å². The van der Waals surface area contributed by atoms with Crippen LogP contribution in [0, 0.1) is 34.5 Å². The lowest BCUT2D eigenvalue weighted by molar-refractivity contribution is -0.119. The Morgan fingerprint density at radius 1 is 1.11 bits per heavy atom. The first-order valence-corrected chi connectivity index (χ1v) is 11.9. The third-order valence-corrected chi connectivity index (χ3v) is 9.78. The van der Waals surface area contributed by atoms with Crippen LogP contribution >= 0.6 is 0 Å². The predicted octanol–water partition coefficient (Wildman–Crippen LogP) is 5.69. The SMILES string of the molecule is CCn1cc(/C=C2/C[C@@H]3[C@H]4CC[C@H]5CCCC[C@]5(C)[C@@H]4CC[C@@]3(C)[C@H]2O)cn1. The van der Waals surface area contributed by atoms with Gasteiger partial charge in [0.1, 0.15) is 0 Å². The summed E-state index contributed by atoms with van der Waals surface area (Å²) in [6, 6.07) is 0. The lowest BCUT2D eigenvalue weighted by Gasteiger charge is -2.60. The summed E-state index contributed by atoms with van der Waals surface area (Å²) in [7, 11) is 0. The Morgan fingerprint density at radius 2 is 1.96 bits per heavy atom. The minimum absolute atomic E-state index is 0.0750. The van der Waals surface area contributed by atoms with Crippen molar-refractivity contribution in [3.63, 3.8) is 0 Å². The molecule has 5 rings (SSSR count). The molecule has 0 radical (unpaired) electrons. The zero-order valence-corrected chi connectivity index (χ0v) is 18.0. The molecular formula is C25H38N2O. The number of aryl methyl sites for hydroxylation is 1. The van der Waals surface area contributed by atoms with E-state index in [1.165, 1.54) is 56.9 Å². The van der Waals surface area contributed by atoms with Gasteiger partial charge in [0.2, 0.25) is 0 Å². The second-order valence-electron chi connectivity index (χ2n) is 10.9. The highest BCUT2D eigenvalue weighted by Crippen LogP contribution is 2.67. The van der Waals surface area contributed by atoms with Crippen molar-refractivity contribution in [2.75, 3.05) is 0 Å². The van der Waals surface area contributed by atoms with E-state index in [4.69, 9.17) is 0 Å². The maximum atomic E-state index is 11.4. The molecule has 4 aliphatic carbocycles. The molecule has 1 aromatic heterocycles. The molecule has 7 atom stereocenters. The van der Waals surface area contributed by atoms with Crippen LogP contribution in [0.25, 0.3) is 6.08 Å². The second kappa shape index (κ2) is 6.72. The van der Waals surface area contributed by atoms with Gasteiger partial charge in [0.05, 0.1) is 12.3 Å². The Kier molecular flexibility index (Phi) is 4.54. The van der Waals surface area contributed by atoms with Crippen LogP contribution < -0.4 is 0 Å². The van der Waals surface area contributed by atoms with Crippen LogP contribution in [0.15, 0.2) is 18.0 Å². The molecule has 4 fully saturated rings. The van der Waals surface area contributed by atoms with Crippen LogP contribution in [0.4, 0.5) is 0 Å². The monoisotopic (exact) mass is 382 g/mol. The first kappa shape index (κ1) is 18.9. The zero-order chi connectivity index (χ0) is 19.5. The molecule has 4 saturated carbocycles. The summed E-state index contributed by atoms with van der Waals surface area (Å²) < 4.78 is 1.98. The molecule has 4 aliphatic rings. The maximum Gasteiger partial charge on any atom is 0.0809 e. The quantitative estimate of drug-likeness (QED) is 0.713. The largest absolute Gasteiger partial charge is 0.388 e. The number of aliphatic hydroxyl groups is 1. The van der Waals surface area contributed by atoms with E-state index in [1.54, 1.807) is 0 Å². The fourth-order valence-electron chi connectivity index (χ4n) is 8.14. The van der Waals surface area contributed by atoms with Gasteiger partial charge in [-0.05, 0) is 86.5 Å². The summed E-state index contributed by atoms with van der Waals surface area (Å²) in [5.41, 5.74) is 3.06. The Hall–Kier alpha value is -1.09. The average Bonchev–Trinajstić information content (AvgIpc) is 3.25. The molecule has 0 aliphatic heterocycles. The molecule has 0 bridgehead atoms. The summed E-state index contributed by atoms with van der Waals surface area (Å²) in [5, 5.41) is 15.8. The van der Waals surface area contributed by atoms with Crippen LogP contribution in [0.1, 0.15) is 84.1 Å². The average molecular weight is 383 g/mol. The summed E-state index contributed by atoms with van der Waals surface area (Å²) in [6.45, 7) is 8.05. The number of rotatable bonds is 2. The first-order chi connectivity index (χ1) is 13.5. The molecule has 0 spiro atoms. The fourth-order valence-corrected chi connectivity index (χ4v) is 8.14. The van der Waals surface area contributed by atoms with Crippen LogP contribution in [-0.4, -0.2) is 21.0 Å². The van der Waals surface area contributed by atoms with Gasteiger partial charge in [0, 0.05) is 23.7 Å². The first-order valence-electron chi connectivity index (χ1n) is 11.9. The van der Waals surface area contributed by atoms with Crippen molar-refractivity contribution in [1.29, 1.82) is 0 Å². The van der Waals surface area contributed by atoms with E-state index in [9.17, 15) is 5.11 Å². The Labute approximate surface area is 170 Å². The molecular weight excluding hydrogens is 344 g/mol. The van der Waals surface area contributed by atoms with Crippen molar-refractivity contribution < 1.29 is 5.11 Å². The number of hydrogen-bond acceptors (Lipinski definition) is 2. The van der Waals surface area contributed by atoms with Gasteiger partial charge in [0.15, 0.2) is 0 Å². The van der Waals surface area contributed by atoms with Crippen molar-refractivity contribution in [2.45, 2.75) is 91.2 Å². The van der Waals surface area contributed by atoms with Crippen LogP contribution in [-0.2, 0) is 6.54 Å². The summed E-state index contributed by atoms with van der Waals surface area (Å²) in [4.78, 5) is 0. The van der Waals surface area contributed by atoms with Gasteiger partial charge in [-0.15, -0.1) is 0 Å². The third kappa shape index (κ3) is 2.68. The van der Waals surface area contributed by atoms with Crippen molar-refractivity contribution in [3.05, 3.63) is 23.5 Å². The van der Waals surface area contributed by atoms with Gasteiger partial charge in [-0.1, -0.05) is 32.8 Å².